The molecule has 1 unspecified atom stereocenters. The predicted molar refractivity (Wildman–Crippen MR) is 163 cm³/mol. The van der Waals surface area contributed by atoms with Crippen LogP contribution in [0.2, 0.25) is 0 Å². The van der Waals surface area contributed by atoms with E-state index in [2.05, 4.69) is 57.4 Å². The summed E-state index contributed by atoms with van der Waals surface area (Å²) in [6.45, 7) is 0. The number of amides is 2. The van der Waals surface area contributed by atoms with Gasteiger partial charge in [0.05, 0.1) is 12.1 Å². The van der Waals surface area contributed by atoms with Crippen LogP contribution in [0.25, 0.3) is 22.0 Å². The SMILES string of the molecule is CN(C)NC(=O)C(NC(=O)[C@H]1Cc2c([nH]c3ccccc23)[C@@H](C2CCCCC2)N1)c1ccc(-c2ccccc2)cc1. The highest BCUT2D eigenvalue weighted by atomic mass is 16.2. The van der Waals surface area contributed by atoms with Crippen LogP contribution in [0.4, 0.5) is 0 Å². The van der Waals surface area contributed by atoms with Crippen molar-refractivity contribution in [1.82, 2.24) is 26.1 Å². The van der Waals surface area contributed by atoms with Crippen LogP contribution in [-0.4, -0.2) is 41.9 Å². The first-order valence-electron chi connectivity index (χ1n) is 14.8. The van der Waals surface area contributed by atoms with Crippen LogP contribution in [0.5, 0.6) is 0 Å². The van der Waals surface area contributed by atoms with E-state index >= 15 is 0 Å². The van der Waals surface area contributed by atoms with E-state index in [1.165, 1.54) is 35.9 Å². The minimum absolute atomic E-state index is 0.0846. The summed E-state index contributed by atoms with van der Waals surface area (Å²) in [5.74, 6) is 0.0422. The van der Waals surface area contributed by atoms with Crippen LogP contribution >= 0.6 is 0 Å². The van der Waals surface area contributed by atoms with Crippen molar-refractivity contribution in [1.29, 1.82) is 0 Å². The average Bonchev–Trinajstić information content (AvgIpc) is 3.38. The number of nitrogens with zero attached hydrogens (tertiary/aromatic N) is 1. The second-order valence-corrected chi connectivity index (χ2v) is 11.7. The summed E-state index contributed by atoms with van der Waals surface area (Å²) in [6, 6.07) is 25.2. The van der Waals surface area contributed by atoms with Crippen molar-refractivity contribution in [2.24, 2.45) is 5.92 Å². The van der Waals surface area contributed by atoms with Gasteiger partial charge in [-0.3, -0.25) is 20.3 Å². The van der Waals surface area contributed by atoms with E-state index in [-0.39, 0.29) is 17.9 Å². The summed E-state index contributed by atoms with van der Waals surface area (Å²) >= 11 is 0. The van der Waals surface area contributed by atoms with Crippen LogP contribution in [0.3, 0.4) is 0 Å². The minimum atomic E-state index is -0.825. The Morgan fingerprint density at radius 3 is 2.27 bits per heavy atom. The standard InChI is InChI=1S/C34H39N5O2/c1-39(2)38-34(41)31(25-19-17-23(18-20-25)22-11-5-3-6-12-22)37-33(40)29-21-27-26-15-9-10-16-28(26)35-32(27)30(36-29)24-13-7-4-8-14-24/h3,5-6,9-12,15-20,24,29-31,35-36H,4,7-8,13-14,21H2,1-2H3,(H,37,40)(H,38,41)/t29-,30-,31?/m1/s1. The second-order valence-electron chi connectivity index (χ2n) is 11.7. The largest absolute Gasteiger partial charge is 0.357 e. The van der Waals surface area contributed by atoms with Crippen LogP contribution < -0.4 is 16.1 Å². The van der Waals surface area contributed by atoms with E-state index < -0.39 is 12.1 Å². The zero-order valence-corrected chi connectivity index (χ0v) is 23.8. The number of hydrogen-bond donors (Lipinski definition) is 4. The molecule has 0 spiro atoms. The number of H-pyrrole nitrogens is 1. The lowest BCUT2D eigenvalue weighted by molar-refractivity contribution is -0.132. The van der Waals surface area contributed by atoms with Crippen molar-refractivity contribution in [3.63, 3.8) is 0 Å². The molecule has 0 saturated heterocycles. The average molecular weight is 550 g/mol. The molecule has 1 fully saturated rings. The van der Waals surface area contributed by atoms with Gasteiger partial charge in [0.25, 0.3) is 5.91 Å². The van der Waals surface area contributed by atoms with E-state index in [9.17, 15) is 9.59 Å². The van der Waals surface area contributed by atoms with E-state index in [0.29, 0.717) is 12.3 Å². The van der Waals surface area contributed by atoms with Gasteiger partial charge in [-0.05, 0) is 53.5 Å². The first-order chi connectivity index (χ1) is 20.0. The summed E-state index contributed by atoms with van der Waals surface area (Å²) < 4.78 is 0. The van der Waals surface area contributed by atoms with E-state index in [0.717, 1.165) is 35.0 Å². The Morgan fingerprint density at radius 1 is 0.854 bits per heavy atom. The maximum absolute atomic E-state index is 14.0. The molecule has 6 rings (SSSR count). The van der Waals surface area contributed by atoms with Crippen molar-refractivity contribution in [2.45, 2.75) is 56.7 Å². The molecule has 1 aromatic heterocycles. The molecule has 41 heavy (non-hydrogen) atoms. The molecule has 3 aromatic carbocycles. The fraction of sp³-hybridized carbons (Fsp3) is 0.353. The minimum Gasteiger partial charge on any atom is -0.357 e. The third-order valence-corrected chi connectivity index (χ3v) is 8.62. The number of hydrogen-bond acceptors (Lipinski definition) is 4. The van der Waals surface area contributed by atoms with Crippen LogP contribution in [0, 0.1) is 5.92 Å². The number of hydrazine groups is 1. The Hall–Kier alpha value is -3.94. The maximum Gasteiger partial charge on any atom is 0.261 e. The molecule has 1 aliphatic heterocycles. The first kappa shape index (κ1) is 27.2. The fourth-order valence-electron chi connectivity index (χ4n) is 6.60. The van der Waals surface area contributed by atoms with Gasteiger partial charge < -0.3 is 10.3 Å². The Kier molecular flexibility index (Phi) is 7.90. The number of nitrogens with one attached hydrogen (secondary N) is 4. The Bertz CT molecular complexity index is 1510. The molecular formula is C34H39N5O2. The first-order valence-corrected chi connectivity index (χ1v) is 14.8. The maximum atomic E-state index is 14.0. The highest BCUT2D eigenvalue weighted by molar-refractivity contribution is 5.92. The van der Waals surface area contributed by atoms with Crippen molar-refractivity contribution in [2.75, 3.05) is 14.1 Å². The van der Waals surface area contributed by atoms with Gasteiger partial charge in [-0.2, -0.15) is 0 Å². The number of carbonyl (C=O) groups excluding carboxylic acids is 2. The monoisotopic (exact) mass is 549 g/mol. The molecule has 2 aliphatic rings. The topological polar surface area (TPSA) is 89.3 Å². The van der Waals surface area contributed by atoms with Crippen molar-refractivity contribution in [3.8, 4) is 11.1 Å². The number of fused-ring (bicyclic) bond motifs is 3. The molecule has 7 nitrogen and oxygen atoms in total. The lowest BCUT2D eigenvalue weighted by Crippen LogP contribution is -2.54. The zero-order chi connectivity index (χ0) is 28.3. The third-order valence-electron chi connectivity index (χ3n) is 8.62. The molecule has 2 heterocycles. The fourth-order valence-corrected chi connectivity index (χ4v) is 6.60. The Labute approximate surface area is 241 Å². The van der Waals surface area contributed by atoms with Gasteiger partial charge in [0.2, 0.25) is 5.91 Å². The van der Waals surface area contributed by atoms with E-state index in [1.807, 2.05) is 42.5 Å². The van der Waals surface area contributed by atoms with Gasteiger partial charge in [-0.15, -0.1) is 0 Å². The molecule has 4 N–H and O–H groups in total. The lowest BCUT2D eigenvalue weighted by atomic mass is 9.79. The number of aromatic nitrogens is 1. The summed E-state index contributed by atoms with van der Waals surface area (Å²) in [7, 11) is 3.54. The predicted octanol–water partition coefficient (Wildman–Crippen LogP) is 5.42. The number of benzene rings is 3. The summed E-state index contributed by atoms with van der Waals surface area (Å²) in [5.41, 5.74) is 9.31. The smallest absolute Gasteiger partial charge is 0.261 e. The molecule has 0 radical (unpaired) electrons. The van der Waals surface area contributed by atoms with Crippen LogP contribution in [0.1, 0.15) is 61.0 Å². The van der Waals surface area contributed by atoms with Gasteiger partial charge in [-0.1, -0.05) is 92.1 Å². The van der Waals surface area contributed by atoms with Crippen LogP contribution in [-0.2, 0) is 16.0 Å². The molecule has 3 atom stereocenters. The molecule has 1 saturated carbocycles. The van der Waals surface area contributed by atoms with Crippen LogP contribution in [0.15, 0.2) is 78.9 Å². The Morgan fingerprint density at radius 2 is 1.54 bits per heavy atom. The zero-order valence-electron chi connectivity index (χ0n) is 23.8. The molecule has 212 valence electrons. The van der Waals surface area contributed by atoms with Gasteiger partial charge >= 0.3 is 0 Å². The summed E-state index contributed by atoms with van der Waals surface area (Å²) in [5, 5.41) is 9.62. The van der Waals surface area contributed by atoms with Crippen molar-refractivity contribution >= 4 is 22.7 Å². The summed E-state index contributed by atoms with van der Waals surface area (Å²) in [6.07, 6.45) is 6.61. The lowest BCUT2D eigenvalue weighted by Gasteiger charge is -2.37. The molecule has 0 bridgehead atoms. The van der Waals surface area contributed by atoms with Gasteiger partial charge in [-0.25, -0.2) is 5.01 Å². The molecule has 7 heteroatoms. The number of para-hydroxylation sites is 1. The molecule has 1 aliphatic carbocycles. The van der Waals surface area contributed by atoms with E-state index in [1.54, 1.807) is 19.1 Å². The highest BCUT2D eigenvalue weighted by Gasteiger charge is 2.38. The third kappa shape index (κ3) is 5.78. The van der Waals surface area contributed by atoms with Gasteiger partial charge in [0.1, 0.15) is 6.04 Å². The molecular weight excluding hydrogens is 510 g/mol. The Balaban J connectivity index is 1.28. The van der Waals surface area contributed by atoms with Gasteiger partial charge in [0.15, 0.2) is 0 Å². The highest BCUT2D eigenvalue weighted by Crippen LogP contribution is 2.40. The number of carbonyl (C=O) groups is 2. The summed E-state index contributed by atoms with van der Waals surface area (Å²) in [4.78, 5) is 31.0. The quantitative estimate of drug-likeness (QED) is 0.232. The second kappa shape index (κ2) is 11.9. The normalized spacial score (nSPS) is 20.0. The van der Waals surface area contributed by atoms with E-state index in [4.69, 9.17) is 0 Å². The van der Waals surface area contributed by atoms with Crippen molar-refractivity contribution < 1.29 is 9.59 Å². The van der Waals surface area contributed by atoms with Crippen molar-refractivity contribution in [3.05, 3.63) is 95.7 Å². The number of aromatic amines is 1. The van der Waals surface area contributed by atoms with Gasteiger partial charge in [0, 0.05) is 30.7 Å². The number of rotatable bonds is 7. The molecule has 4 aromatic rings. The molecule has 2 amide bonds.